The first kappa shape index (κ1) is 17.3. The summed E-state index contributed by atoms with van der Waals surface area (Å²) in [6.45, 7) is 6.35. The van der Waals surface area contributed by atoms with E-state index in [1.165, 1.54) is 0 Å². The minimum atomic E-state index is 0.285. The van der Waals surface area contributed by atoms with Gasteiger partial charge in [0.15, 0.2) is 5.96 Å². The predicted octanol–water partition coefficient (Wildman–Crippen LogP) is 2.18. The van der Waals surface area contributed by atoms with Gasteiger partial charge in [0, 0.05) is 32.3 Å². The predicted molar refractivity (Wildman–Crippen MR) is 86.9 cm³/mol. The summed E-state index contributed by atoms with van der Waals surface area (Å²) in [4.78, 5) is 4.20. The van der Waals surface area contributed by atoms with Gasteiger partial charge in [-0.05, 0) is 26.3 Å². The molecule has 1 rings (SSSR count). The Morgan fingerprint density at radius 1 is 1.24 bits per heavy atom. The molecule has 0 saturated carbocycles. The molecule has 2 N–H and O–H groups in total. The highest BCUT2D eigenvalue weighted by Crippen LogP contribution is 2.16. The van der Waals surface area contributed by atoms with Gasteiger partial charge in [0.1, 0.15) is 5.75 Å². The second-order valence-corrected chi connectivity index (χ2v) is 4.94. The van der Waals surface area contributed by atoms with E-state index < -0.39 is 0 Å². The summed E-state index contributed by atoms with van der Waals surface area (Å²) in [5, 5.41) is 6.55. The Morgan fingerprint density at radius 3 is 2.67 bits per heavy atom. The molecule has 0 atom stereocenters. The summed E-state index contributed by atoms with van der Waals surface area (Å²) >= 11 is 0. The van der Waals surface area contributed by atoms with Crippen LogP contribution in [0.5, 0.6) is 5.75 Å². The van der Waals surface area contributed by atoms with Crippen LogP contribution in [-0.2, 0) is 11.3 Å². The van der Waals surface area contributed by atoms with Gasteiger partial charge in [-0.2, -0.15) is 0 Å². The van der Waals surface area contributed by atoms with Crippen LogP contribution in [0.1, 0.15) is 25.8 Å². The van der Waals surface area contributed by atoms with Gasteiger partial charge >= 0.3 is 0 Å². The lowest BCUT2D eigenvalue weighted by Crippen LogP contribution is -2.37. The topological polar surface area (TPSA) is 54.9 Å². The maximum absolute atomic E-state index is 5.50. The molecule has 0 aliphatic heterocycles. The number of benzene rings is 1. The van der Waals surface area contributed by atoms with Crippen molar-refractivity contribution in [2.45, 2.75) is 32.9 Å². The van der Waals surface area contributed by atoms with Crippen LogP contribution in [0.25, 0.3) is 0 Å². The number of aliphatic imine (C=N–C) groups is 1. The van der Waals surface area contributed by atoms with Gasteiger partial charge in [0.25, 0.3) is 0 Å². The fourth-order valence-corrected chi connectivity index (χ4v) is 1.85. The number of hydrogen-bond donors (Lipinski definition) is 2. The largest absolute Gasteiger partial charge is 0.496 e. The molecule has 0 aliphatic rings. The third-order valence-electron chi connectivity index (χ3n) is 2.93. The monoisotopic (exact) mass is 293 g/mol. The van der Waals surface area contributed by atoms with Crippen molar-refractivity contribution in [2.24, 2.45) is 4.99 Å². The van der Waals surface area contributed by atoms with Crippen molar-refractivity contribution in [2.75, 3.05) is 27.3 Å². The van der Waals surface area contributed by atoms with Crippen molar-refractivity contribution in [1.29, 1.82) is 0 Å². The molecule has 0 aliphatic carbocycles. The Bertz CT molecular complexity index is 433. The van der Waals surface area contributed by atoms with Crippen molar-refractivity contribution < 1.29 is 9.47 Å². The second-order valence-electron chi connectivity index (χ2n) is 4.94. The van der Waals surface area contributed by atoms with Gasteiger partial charge in [0.05, 0.1) is 13.2 Å². The lowest BCUT2D eigenvalue weighted by atomic mass is 10.2. The molecule has 0 saturated heterocycles. The van der Waals surface area contributed by atoms with Crippen molar-refractivity contribution in [3.05, 3.63) is 29.8 Å². The van der Waals surface area contributed by atoms with Crippen LogP contribution >= 0.6 is 0 Å². The minimum Gasteiger partial charge on any atom is -0.496 e. The summed E-state index contributed by atoms with van der Waals surface area (Å²) in [7, 11) is 3.45. The Balaban J connectivity index is 2.31. The second kappa shape index (κ2) is 10.0. The SMILES string of the molecule is CN=C(NCCCOC(C)C)NCc1ccccc1OC. The lowest BCUT2D eigenvalue weighted by molar-refractivity contribution is 0.0776. The summed E-state index contributed by atoms with van der Waals surface area (Å²) in [5.74, 6) is 1.66. The molecule has 0 aromatic heterocycles. The number of rotatable bonds is 8. The Labute approximate surface area is 127 Å². The first-order valence-electron chi connectivity index (χ1n) is 7.35. The third-order valence-corrected chi connectivity index (χ3v) is 2.93. The van der Waals surface area contributed by atoms with Crippen molar-refractivity contribution >= 4 is 5.96 Å². The van der Waals surface area contributed by atoms with E-state index in [1.807, 2.05) is 38.1 Å². The van der Waals surface area contributed by atoms with E-state index in [9.17, 15) is 0 Å². The molecule has 21 heavy (non-hydrogen) atoms. The smallest absolute Gasteiger partial charge is 0.191 e. The number of nitrogens with one attached hydrogen (secondary N) is 2. The van der Waals surface area contributed by atoms with Crippen molar-refractivity contribution in [3.63, 3.8) is 0 Å². The highest BCUT2D eigenvalue weighted by Gasteiger charge is 2.03. The summed E-state index contributed by atoms with van der Waals surface area (Å²) in [6, 6.07) is 7.95. The quantitative estimate of drug-likeness (QED) is 0.438. The van der Waals surface area contributed by atoms with Crippen LogP contribution in [0.4, 0.5) is 0 Å². The van der Waals surface area contributed by atoms with Crippen LogP contribution in [0.15, 0.2) is 29.3 Å². The van der Waals surface area contributed by atoms with Crippen LogP contribution in [0, 0.1) is 0 Å². The fourth-order valence-electron chi connectivity index (χ4n) is 1.85. The van der Waals surface area contributed by atoms with E-state index in [0.29, 0.717) is 6.54 Å². The molecule has 5 nitrogen and oxygen atoms in total. The zero-order valence-electron chi connectivity index (χ0n) is 13.5. The van der Waals surface area contributed by atoms with Crippen molar-refractivity contribution in [3.8, 4) is 5.75 Å². The molecule has 1 aromatic rings. The lowest BCUT2D eigenvalue weighted by Gasteiger charge is -2.14. The van der Waals surface area contributed by atoms with E-state index in [0.717, 1.165) is 36.8 Å². The average Bonchev–Trinajstić information content (AvgIpc) is 2.50. The van der Waals surface area contributed by atoms with Gasteiger partial charge in [-0.3, -0.25) is 4.99 Å². The summed E-state index contributed by atoms with van der Waals surface area (Å²) in [5.41, 5.74) is 1.10. The van der Waals surface area contributed by atoms with E-state index in [-0.39, 0.29) is 6.10 Å². The highest BCUT2D eigenvalue weighted by atomic mass is 16.5. The first-order valence-corrected chi connectivity index (χ1v) is 7.35. The van der Waals surface area contributed by atoms with Gasteiger partial charge in [0.2, 0.25) is 0 Å². The van der Waals surface area contributed by atoms with Crippen LogP contribution in [-0.4, -0.2) is 39.4 Å². The zero-order valence-corrected chi connectivity index (χ0v) is 13.5. The van der Waals surface area contributed by atoms with E-state index in [1.54, 1.807) is 14.2 Å². The van der Waals surface area contributed by atoms with Gasteiger partial charge < -0.3 is 20.1 Å². The highest BCUT2D eigenvalue weighted by molar-refractivity contribution is 5.79. The van der Waals surface area contributed by atoms with Crippen molar-refractivity contribution in [1.82, 2.24) is 10.6 Å². The molecule has 0 radical (unpaired) electrons. The maximum Gasteiger partial charge on any atom is 0.191 e. The van der Waals surface area contributed by atoms with Gasteiger partial charge in [-0.25, -0.2) is 0 Å². The molecule has 1 aromatic carbocycles. The number of hydrogen-bond acceptors (Lipinski definition) is 3. The maximum atomic E-state index is 5.50. The molecule has 0 unspecified atom stereocenters. The normalized spacial score (nSPS) is 11.6. The first-order chi connectivity index (χ1) is 10.2. The molecule has 0 spiro atoms. The molecule has 0 bridgehead atoms. The molecule has 0 fully saturated rings. The number of ether oxygens (including phenoxy) is 2. The zero-order chi connectivity index (χ0) is 15.5. The number of guanidine groups is 1. The van der Waals surface area contributed by atoms with Gasteiger partial charge in [-0.1, -0.05) is 18.2 Å². The molecular formula is C16H27N3O2. The van der Waals surface area contributed by atoms with E-state index in [4.69, 9.17) is 9.47 Å². The van der Waals surface area contributed by atoms with Crippen LogP contribution in [0.3, 0.4) is 0 Å². The van der Waals surface area contributed by atoms with Crippen LogP contribution in [0.2, 0.25) is 0 Å². The summed E-state index contributed by atoms with van der Waals surface area (Å²) in [6.07, 6.45) is 1.24. The number of nitrogens with zero attached hydrogens (tertiary/aromatic N) is 1. The third kappa shape index (κ3) is 6.99. The summed E-state index contributed by atoms with van der Waals surface area (Å²) < 4.78 is 10.8. The minimum absolute atomic E-state index is 0.285. The Kier molecular flexibility index (Phi) is 8.28. The molecule has 0 amide bonds. The van der Waals surface area contributed by atoms with E-state index >= 15 is 0 Å². The molecule has 0 heterocycles. The standard InChI is InChI=1S/C16H27N3O2/c1-13(2)21-11-7-10-18-16(17-3)19-12-14-8-5-6-9-15(14)20-4/h5-6,8-9,13H,7,10-12H2,1-4H3,(H2,17,18,19). The number of methoxy groups -OCH3 is 1. The van der Waals surface area contributed by atoms with Gasteiger partial charge in [-0.15, -0.1) is 0 Å². The molecule has 118 valence electrons. The number of para-hydroxylation sites is 1. The molecular weight excluding hydrogens is 266 g/mol. The fraction of sp³-hybridized carbons (Fsp3) is 0.562. The van der Waals surface area contributed by atoms with E-state index in [2.05, 4.69) is 15.6 Å². The van der Waals surface area contributed by atoms with Crippen LogP contribution < -0.4 is 15.4 Å². The Morgan fingerprint density at radius 2 is 2.00 bits per heavy atom. The Hall–Kier alpha value is -1.75. The molecule has 5 heteroatoms. The average molecular weight is 293 g/mol.